The van der Waals surface area contributed by atoms with Gasteiger partial charge in [-0.3, -0.25) is 0 Å². The van der Waals surface area contributed by atoms with Crippen LogP contribution < -0.4 is 5.32 Å². The number of carbonyl (C=O) groups excluding carboxylic acids is 1. The lowest BCUT2D eigenvalue weighted by Gasteiger charge is -2.20. The smallest absolute Gasteiger partial charge is 0.318 e. The van der Waals surface area contributed by atoms with Gasteiger partial charge in [-0.15, -0.1) is 0 Å². The van der Waals surface area contributed by atoms with Crippen molar-refractivity contribution in [1.29, 1.82) is 0 Å². The molecule has 78 valence electrons. The van der Waals surface area contributed by atoms with E-state index in [0.717, 1.165) is 13.1 Å². The van der Waals surface area contributed by atoms with Crippen LogP contribution in [0.15, 0.2) is 11.1 Å². The van der Waals surface area contributed by atoms with Crippen LogP contribution in [0.3, 0.4) is 0 Å². The Morgan fingerprint density at radius 2 is 1.86 bits per heavy atom. The number of amides is 2. The fraction of sp³-hybridized carbons (Fsp3) is 0.727. The van der Waals surface area contributed by atoms with E-state index >= 15 is 0 Å². The van der Waals surface area contributed by atoms with Crippen molar-refractivity contribution >= 4 is 6.03 Å². The first-order valence-corrected chi connectivity index (χ1v) is 5.42. The summed E-state index contributed by atoms with van der Waals surface area (Å²) in [4.78, 5) is 13.6. The molecule has 2 amide bonds. The van der Waals surface area contributed by atoms with Gasteiger partial charge in [-0.05, 0) is 44.3 Å². The highest BCUT2D eigenvalue weighted by molar-refractivity contribution is 5.76. The third kappa shape index (κ3) is 1.76. The second kappa shape index (κ2) is 3.64. The number of carbonyl (C=O) groups is 1. The van der Waals surface area contributed by atoms with Crippen LogP contribution in [0.2, 0.25) is 0 Å². The molecule has 0 spiro atoms. The van der Waals surface area contributed by atoms with Crippen LogP contribution >= 0.6 is 0 Å². The van der Waals surface area contributed by atoms with E-state index in [4.69, 9.17) is 0 Å². The highest BCUT2D eigenvalue weighted by Crippen LogP contribution is 2.32. The largest absolute Gasteiger partial charge is 0.336 e. The highest BCUT2D eigenvalue weighted by atomic mass is 16.2. The monoisotopic (exact) mass is 194 g/mol. The predicted molar refractivity (Wildman–Crippen MR) is 56.1 cm³/mol. The molecule has 1 aliphatic carbocycles. The van der Waals surface area contributed by atoms with Crippen LogP contribution in [-0.2, 0) is 0 Å². The summed E-state index contributed by atoms with van der Waals surface area (Å²) in [5.74, 6) is 0. The lowest BCUT2D eigenvalue weighted by molar-refractivity contribution is 0.206. The van der Waals surface area contributed by atoms with Gasteiger partial charge in [0.2, 0.25) is 0 Å². The molecule has 0 bridgehead atoms. The van der Waals surface area contributed by atoms with Gasteiger partial charge in [0, 0.05) is 19.1 Å². The molecule has 0 aromatic rings. The van der Waals surface area contributed by atoms with Gasteiger partial charge in [0.05, 0.1) is 0 Å². The fourth-order valence-corrected chi connectivity index (χ4v) is 2.25. The molecule has 1 heterocycles. The molecule has 3 nitrogen and oxygen atoms in total. The summed E-state index contributed by atoms with van der Waals surface area (Å²) in [6.07, 6.45) is 3.71. The molecule has 3 heteroatoms. The molecule has 2 aliphatic rings. The molecular formula is C11H18N2O. The normalized spacial score (nSPS) is 20.6. The van der Waals surface area contributed by atoms with Crippen molar-refractivity contribution in [1.82, 2.24) is 10.2 Å². The van der Waals surface area contributed by atoms with Crippen molar-refractivity contribution in [3.63, 3.8) is 0 Å². The van der Waals surface area contributed by atoms with Crippen molar-refractivity contribution < 1.29 is 4.79 Å². The number of rotatable bonds is 1. The highest BCUT2D eigenvalue weighted by Gasteiger charge is 2.28. The Balaban J connectivity index is 1.89. The topological polar surface area (TPSA) is 32.3 Å². The molecule has 0 aromatic heterocycles. The minimum Gasteiger partial charge on any atom is -0.336 e. The maximum Gasteiger partial charge on any atom is 0.318 e. The van der Waals surface area contributed by atoms with E-state index in [2.05, 4.69) is 5.32 Å². The predicted octanol–water partition coefficient (Wildman–Crippen LogP) is 1.90. The van der Waals surface area contributed by atoms with Crippen molar-refractivity contribution in [3.8, 4) is 0 Å². The standard InChI is InChI=1S/C11H18N2O/c1-8(2)12-11(14)13-6-9-4-3-5-10(9)7-13/h8H,3-7H2,1-2H3,(H,12,14). The summed E-state index contributed by atoms with van der Waals surface area (Å²) < 4.78 is 0. The quantitative estimate of drug-likeness (QED) is 0.635. The third-order valence-electron chi connectivity index (χ3n) is 2.92. The number of nitrogens with one attached hydrogen (secondary N) is 1. The Hall–Kier alpha value is -0.990. The lowest BCUT2D eigenvalue weighted by atomic mass is 10.2. The van der Waals surface area contributed by atoms with Crippen LogP contribution in [0.25, 0.3) is 0 Å². The minimum absolute atomic E-state index is 0.0920. The van der Waals surface area contributed by atoms with E-state index in [9.17, 15) is 4.79 Å². The first-order chi connectivity index (χ1) is 6.66. The van der Waals surface area contributed by atoms with E-state index in [-0.39, 0.29) is 12.1 Å². The van der Waals surface area contributed by atoms with Gasteiger partial charge in [0.25, 0.3) is 0 Å². The summed E-state index contributed by atoms with van der Waals surface area (Å²) in [5, 5.41) is 2.93. The number of likely N-dealkylation sites (tertiary alicyclic amines) is 1. The number of urea groups is 1. The average Bonchev–Trinajstić information content (AvgIpc) is 2.58. The second-order valence-electron chi connectivity index (χ2n) is 4.52. The minimum atomic E-state index is 0.0920. The summed E-state index contributed by atoms with van der Waals surface area (Å²) in [6.45, 7) is 5.73. The van der Waals surface area contributed by atoms with Gasteiger partial charge >= 0.3 is 6.03 Å². The number of hydrogen-bond donors (Lipinski definition) is 1. The third-order valence-corrected chi connectivity index (χ3v) is 2.92. The maximum atomic E-state index is 11.7. The summed E-state index contributed by atoms with van der Waals surface area (Å²) >= 11 is 0. The number of nitrogens with zero attached hydrogens (tertiary/aromatic N) is 1. The zero-order valence-corrected chi connectivity index (χ0v) is 8.97. The Kier molecular flexibility index (Phi) is 2.48. The summed E-state index contributed by atoms with van der Waals surface area (Å²) in [6, 6.07) is 0.326. The first kappa shape index (κ1) is 9.56. The van der Waals surface area contributed by atoms with Crippen molar-refractivity contribution in [3.05, 3.63) is 11.1 Å². The van der Waals surface area contributed by atoms with Crippen LogP contribution in [0, 0.1) is 0 Å². The van der Waals surface area contributed by atoms with Crippen LogP contribution in [0.5, 0.6) is 0 Å². The molecule has 0 radical (unpaired) electrons. The molecule has 1 aliphatic heterocycles. The second-order valence-corrected chi connectivity index (χ2v) is 4.52. The van der Waals surface area contributed by atoms with Crippen LogP contribution in [0.1, 0.15) is 33.1 Å². The van der Waals surface area contributed by atoms with Gasteiger partial charge in [0.1, 0.15) is 0 Å². The van der Waals surface area contributed by atoms with Gasteiger partial charge < -0.3 is 10.2 Å². The van der Waals surface area contributed by atoms with Crippen molar-refractivity contribution in [2.75, 3.05) is 13.1 Å². The Bertz CT molecular complexity index is 265. The van der Waals surface area contributed by atoms with E-state index in [0.29, 0.717) is 0 Å². The molecule has 0 saturated heterocycles. The molecule has 0 fully saturated rings. The molecule has 0 atom stereocenters. The molecule has 14 heavy (non-hydrogen) atoms. The molecule has 2 rings (SSSR count). The molecular weight excluding hydrogens is 176 g/mol. The van der Waals surface area contributed by atoms with E-state index in [1.165, 1.54) is 30.4 Å². The van der Waals surface area contributed by atoms with E-state index < -0.39 is 0 Å². The first-order valence-electron chi connectivity index (χ1n) is 5.42. The Morgan fingerprint density at radius 3 is 2.36 bits per heavy atom. The molecule has 0 saturated carbocycles. The lowest BCUT2D eigenvalue weighted by Crippen LogP contribution is -2.42. The van der Waals surface area contributed by atoms with E-state index in [1.54, 1.807) is 0 Å². The van der Waals surface area contributed by atoms with Gasteiger partial charge in [0.15, 0.2) is 0 Å². The summed E-state index contributed by atoms with van der Waals surface area (Å²) in [7, 11) is 0. The summed E-state index contributed by atoms with van der Waals surface area (Å²) in [5.41, 5.74) is 3.04. The zero-order valence-electron chi connectivity index (χ0n) is 8.97. The average molecular weight is 194 g/mol. The fourth-order valence-electron chi connectivity index (χ4n) is 2.25. The van der Waals surface area contributed by atoms with Gasteiger partial charge in [-0.1, -0.05) is 0 Å². The van der Waals surface area contributed by atoms with Gasteiger partial charge in [-0.2, -0.15) is 0 Å². The molecule has 0 unspecified atom stereocenters. The SMILES string of the molecule is CC(C)NC(=O)N1CC2=C(CCC2)C1. The molecule has 1 N–H and O–H groups in total. The van der Waals surface area contributed by atoms with Crippen LogP contribution in [-0.4, -0.2) is 30.1 Å². The Morgan fingerprint density at radius 1 is 1.29 bits per heavy atom. The van der Waals surface area contributed by atoms with E-state index in [1.807, 2.05) is 18.7 Å². The van der Waals surface area contributed by atoms with Gasteiger partial charge in [-0.25, -0.2) is 4.79 Å². The van der Waals surface area contributed by atoms with Crippen molar-refractivity contribution in [2.24, 2.45) is 0 Å². The van der Waals surface area contributed by atoms with Crippen molar-refractivity contribution in [2.45, 2.75) is 39.2 Å². The number of hydrogen-bond acceptors (Lipinski definition) is 1. The zero-order chi connectivity index (χ0) is 10.1. The molecule has 0 aromatic carbocycles. The maximum absolute atomic E-state index is 11.7. The Labute approximate surface area is 85.2 Å². The van der Waals surface area contributed by atoms with Crippen LogP contribution in [0.4, 0.5) is 4.79 Å².